The average molecular weight is 350 g/mol. The highest BCUT2D eigenvalue weighted by Gasteiger charge is 2.43. The van der Waals surface area contributed by atoms with Crippen LogP contribution in [0, 0.1) is 5.92 Å². The highest BCUT2D eigenvalue weighted by Crippen LogP contribution is 2.36. The second kappa shape index (κ2) is 7.23. The van der Waals surface area contributed by atoms with Crippen LogP contribution in [0.3, 0.4) is 0 Å². The molecule has 3 rings (SSSR count). The van der Waals surface area contributed by atoms with E-state index in [4.69, 9.17) is 4.74 Å². The Kier molecular flexibility index (Phi) is 5.25. The highest BCUT2D eigenvalue weighted by atomic mass is 32.1. The molecular weight excluding hydrogens is 324 g/mol. The Bertz CT molecular complexity index is 577. The van der Waals surface area contributed by atoms with Gasteiger partial charge in [0.15, 0.2) is 0 Å². The standard InChI is InChI=1S/C18H26N2O3S/c1-13(2)17(22)19-15-10-18(23-11-15)4-6-20(7-5-18)16(21)9-14-3-8-24-12-14/h3,8,12-13,15H,4-7,9-11H2,1-2H3,(H,19,22). The number of carbonyl (C=O) groups is 2. The summed E-state index contributed by atoms with van der Waals surface area (Å²) >= 11 is 1.63. The zero-order valence-corrected chi connectivity index (χ0v) is 15.2. The van der Waals surface area contributed by atoms with Gasteiger partial charge in [-0.3, -0.25) is 9.59 Å². The zero-order valence-electron chi connectivity index (χ0n) is 14.4. The van der Waals surface area contributed by atoms with Crippen LogP contribution in [0.1, 0.15) is 38.7 Å². The van der Waals surface area contributed by atoms with Gasteiger partial charge in [0, 0.05) is 19.0 Å². The molecule has 5 nitrogen and oxygen atoms in total. The maximum absolute atomic E-state index is 12.4. The lowest BCUT2D eigenvalue weighted by molar-refractivity contribution is -0.135. The second-order valence-electron chi connectivity index (χ2n) is 7.25. The first-order valence-electron chi connectivity index (χ1n) is 8.71. The lowest BCUT2D eigenvalue weighted by atomic mass is 9.87. The van der Waals surface area contributed by atoms with Gasteiger partial charge in [-0.2, -0.15) is 11.3 Å². The molecule has 6 heteroatoms. The molecule has 1 aromatic heterocycles. The van der Waals surface area contributed by atoms with Crippen molar-refractivity contribution >= 4 is 23.2 Å². The molecule has 0 saturated carbocycles. The fourth-order valence-electron chi connectivity index (χ4n) is 3.50. The van der Waals surface area contributed by atoms with Crippen molar-refractivity contribution in [3.05, 3.63) is 22.4 Å². The van der Waals surface area contributed by atoms with E-state index in [0.29, 0.717) is 13.0 Å². The van der Waals surface area contributed by atoms with E-state index in [1.807, 2.05) is 35.6 Å². The van der Waals surface area contributed by atoms with Gasteiger partial charge in [0.25, 0.3) is 0 Å². The molecule has 1 unspecified atom stereocenters. The lowest BCUT2D eigenvalue weighted by Crippen LogP contribution is -2.47. The third-order valence-electron chi connectivity index (χ3n) is 5.04. The van der Waals surface area contributed by atoms with E-state index in [0.717, 1.165) is 37.9 Å². The lowest BCUT2D eigenvalue weighted by Gasteiger charge is -2.38. The molecule has 0 radical (unpaired) electrons. The first-order valence-corrected chi connectivity index (χ1v) is 9.65. The second-order valence-corrected chi connectivity index (χ2v) is 8.03. The summed E-state index contributed by atoms with van der Waals surface area (Å²) in [6.45, 7) is 5.87. The molecule has 1 spiro atoms. The SMILES string of the molecule is CC(C)C(=O)NC1COC2(CCN(C(=O)Cc3ccsc3)CC2)C1. The summed E-state index contributed by atoms with van der Waals surface area (Å²) < 4.78 is 6.06. The molecule has 2 aliphatic heterocycles. The molecule has 1 atom stereocenters. The molecule has 0 bridgehead atoms. The zero-order chi connectivity index (χ0) is 17.2. The molecule has 3 heterocycles. The number of hydrogen-bond donors (Lipinski definition) is 1. The summed E-state index contributed by atoms with van der Waals surface area (Å²) in [5.41, 5.74) is 0.938. The summed E-state index contributed by atoms with van der Waals surface area (Å²) in [7, 11) is 0. The van der Waals surface area contributed by atoms with Gasteiger partial charge in [-0.15, -0.1) is 0 Å². The first kappa shape index (κ1) is 17.4. The Morgan fingerprint density at radius 3 is 2.79 bits per heavy atom. The number of ether oxygens (including phenoxy) is 1. The minimum atomic E-state index is -0.159. The van der Waals surface area contributed by atoms with Crippen LogP contribution in [0.15, 0.2) is 16.8 Å². The van der Waals surface area contributed by atoms with Gasteiger partial charge >= 0.3 is 0 Å². The fraction of sp³-hybridized carbons (Fsp3) is 0.667. The predicted octanol–water partition coefficient (Wildman–Crippen LogP) is 2.21. The molecule has 2 fully saturated rings. The topological polar surface area (TPSA) is 58.6 Å². The summed E-state index contributed by atoms with van der Waals surface area (Å²) in [6.07, 6.45) is 3.06. The maximum Gasteiger partial charge on any atom is 0.227 e. The Balaban J connectivity index is 1.48. The summed E-state index contributed by atoms with van der Waals surface area (Å²) in [5.74, 6) is 0.285. The minimum absolute atomic E-state index is 0.00174. The summed E-state index contributed by atoms with van der Waals surface area (Å²) in [4.78, 5) is 26.2. The van der Waals surface area contributed by atoms with Crippen LogP contribution in [0.5, 0.6) is 0 Å². The Hall–Kier alpha value is -1.40. The van der Waals surface area contributed by atoms with E-state index in [9.17, 15) is 9.59 Å². The van der Waals surface area contributed by atoms with E-state index in [-0.39, 0.29) is 29.4 Å². The van der Waals surface area contributed by atoms with Crippen LogP contribution >= 0.6 is 11.3 Å². The van der Waals surface area contributed by atoms with Crippen molar-refractivity contribution in [2.75, 3.05) is 19.7 Å². The van der Waals surface area contributed by atoms with E-state index in [1.165, 1.54) is 0 Å². The molecular formula is C18H26N2O3S. The van der Waals surface area contributed by atoms with Crippen molar-refractivity contribution in [1.29, 1.82) is 0 Å². The average Bonchev–Trinajstić information content (AvgIpc) is 3.18. The van der Waals surface area contributed by atoms with Gasteiger partial charge in [0.1, 0.15) is 0 Å². The highest BCUT2D eigenvalue weighted by molar-refractivity contribution is 7.08. The third-order valence-corrected chi connectivity index (χ3v) is 5.77. The van der Waals surface area contributed by atoms with Gasteiger partial charge in [-0.05, 0) is 41.7 Å². The number of hydrogen-bond acceptors (Lipinski definition) is 4. The van der Waals surface area contributed by atoms with E-state index in [2.05, 4.69) is 5.32 Å². The fourth-order valence-corrected chi connectivity index (χ4v) is 4.17. The first-order chi connectivity index (χ1) is 11.5. The van der Waals surface area contributed by atoms with Crippen LogP contribution in [-0.4, -0.2) is 48.1 Å². The number of piperidine rings is 1. The van der Waals surface area contributed by atoms with Gasteiger partial charge in [-0.1, -0.05) is 13.8 Å². The largest absolute Gasteiger partial charge is 0.373 e. The van der Waals surface area contributed by atoms with Crippen molar-refractivity contribution in [2.24, 2.45) is 5.92 Å². The number of nitrogens with one attached hydrogen (secondary N) is 1. The molecule has 0 aromatic carbocycles. The number of amides is 2. The summed E-state index contributed by atoms with van der Waals surface area (Å²) in [6, 6.07) is 2.11. The van der Waals surface area contributed by atoms with Crippen LogP contribution in [0.2, 0.25) is 0 Å². The number of carbonyl (C=O) groups excluding carboxylic acids is 2. The van der Waals surface area contributed by atoms with Crippen LogP contribution in [0.4, 0.5) is 0 Å². The summed E-state index contributed by atoms with van der Waals surface area (Å²) in [5, 5.41) is 7.11. The Morgan fingerprint density at radius 1 is 1.42 bits per heavy atom. The van der Waals surface area contributed by atoms with Crippen LogP contribution in [-0.2, 0) is 20.7 Å². The minimum Gasteiger partial charge on any atom is -0.373 e. The predicted molar refractivity (Wildman–Crippen MR) is 93.9 cm³/mol. The molecule has 1 aromatic rings. The van der Waals surface area contributed by atoms with Gasteiger partial charge in [0.2, 0.25) is 11.8 Å². The number of thiophene rings is 1. The van der Waals surface area contributed by atoms with E-state index < -0.39 is 0 Å². The molecule has 2 amide bonds. The molecule has 2 aliphatic rings. The smallest absolute Gasteiger partial charge is 0.227 e. The normalized spacial score (nSPS) is 23.0. The maximum atomic E-state index is 12.4. The molecule has 0 aliphatic carbocycles. The van der Waals surface area contributed by atoms with Gasteiger partial charge in [-0.25, -0.2) is 0 Å². The van der Waals surface area contributed by atoms with Crippen LogP contribution < -0.4 is 5.32 Å². The Labute approximate surface area is 147 Å². The van der Waals surface area contributed by atoms with Crippen LogP contribution in [0.25, 0.3) is 0 Å². The number of likely N-dealkylation sites (tertiary alicyclic amines) is 1. The molecule has 1 N–H and O–H groups in total. The van der Waals surface area contributed by atoms with Gasteiger partial charge in [0.05, 0.1) is 24.7 Å². The van der Waals surface area contributed by atoms with Crippen molar-refractivity contribution in [1.82, 2.24) is 10.2 Å². The number of nitrogens with zero attached hydrogens (tertiary/aromatic N) is 1. The van der Waals surface area contributed by atoms with Crippen molar-refractivity contribution in [3.8, 4) is 0 Å². The Morgan fingerprint density at radius 2 is 2.17 bits per heavy atom. The van der Waals surface area contributed by atoms with Crippen molar-refractivity contribution in [2.45, 2.75) is 51.2 Å². The van der Waals surface area contributed by atoms with Gasteiger partial charge < -0.3 is 15.0 Å². The molecule has 24 heavy (non-hydrogen) atoms. The monoisotopic (exact) mass is 350 g/mol. The van der Waals surface area contributed by atoms with Crippen molar-refractivity contribution < 1.29 is 14.3 Å². The molecule has 2 saturated heterocycles. The van der Waals surface area contributed by atoms with E-state index >= 15 is 0 Å². The van der Waals surface area contributed by atoms with Crippen molar-refractivity contribution in [3.63, 3.8) is 0 Å². The third kappa shape index (κ3) is 3.98. The van der Waals surface area contributed by atoms with E-state index in [1.54, 1.807) is 11.3 Å². The molecule has 132 valence electrons. The quantitative estimate of drug-likeness (QED) is 0.906. The number of rotatable bonds is 4.